The Hall–Kier alpha value is -2.58. The normalized spacial score (nSPS) is 14.2. The molecular weight excluding hydrogens is 376 g/mol. The van der Waals surface area contributed by atoms with E-state index in [2.05, 4.69) is 5.32 Å². The molecule has 0 saturated heterocycles. The molecule has 1 aromatic carbocycles. The van der Waals surface area contributed by atoms with Gasteiger partial charge in [0.2, 0.25) is 5.91 Å². The van der Waals surface area contributed by atoms with Crippen molar-refractivity contribution in [3.8, 4) is 0 Å². The Morgan fingerprint density at radius 2 is 1.85 bits per heavy atom. The van der Waals surface area contributed by atoms with Gasteiger partial charge in [-0.15, -0.1) is 0 Å². The second kappa shape index (κ2) is 8.88. The number of hydrogen-bond acceptors (Lipinski definition) is 7. The maximum Gasteiger partial charge on any atom is 0.355 e. The first-order valence-electron chi connectivity index (χ1n) is 8.15. The predicted octanol–water partition coefficient (Wildman–Crippen LogP) is 2.33. The lowest BCUT2D eigenvalue weighted by atomic mass is 10.1. The zero-order chi connectivity index (χ0) is 20.1. The molecule has 0 bridgehead atoms. The van der Waals surface area contributed by atoms with Crippen LogP contribution in [0, 0.1) is 5.92 Å². The number of methoxy groups -OCH3 is 2. The van der Waals surface area contributed by atoms with Crippen LogP contribution >= 0.6 is 11.6 Å². The van der Waals surface area contributed by atoms with Crippen molar-refractivity contribution < 1.29 is 28.6 Å². The number of nitrogens with zero attached hydrogens (tertiary/aromatic N) is 1. The fraction of sp³-hybridized carbons (Fsp3) is 0.389. The molecule has 0 radical (unpaired) electrons. The molecular formula is C18H21ClN2O6. The molecule has 1 heterocycles. The van der Waals surface area contributed by atoms with Crippen molar-refractivity contribution in [2.75, 3.05) is 37.8 Å². The number of anilines is 2. The van der Waals surface area contributed by atoms with Crippen LogP contribution in [0.1, 0.15) is 13.8 Å². The zero-order valence-corrected chi connectivity index (χ0v) is 16.3. The van der Waals surface area contributed by atoms with Gasteiger partial charge in [0, 0.05) is 11.6 Å². The summed E-state index contributed by atoms with van der Waals surface area (Å²) in [4.78, 5) is 37.6. The molecule has 1 N–H and O–H groups in total. The van der Waals surface area contributed by atoms with Gasteiger partial charge >= 0.3 is 11.9 Å². The number of nitrogens with one attached hydrogen (secondary N) is 1. The molecule has 0 spiro atoms. The van der Waals surface area contributed by atoms with E-state index < -0.39 is 11.9 Å². The number of rotatable bonds is 5. The molecule has 0 aromatic heterocycles. The number of carbonyl (C=O) groups is 3. The van der Waals surface area contributed by atoms with Crippen LogP contribution in [-0.2, 0) is 28.6 Å². The summed E-state index contributed by atoms with van der Waals surface area (Å²) < 4.78 is 14.9. The summed E-state index contributed by atoms with van der Waals surface area (Å²) in [6.07, 6.45) is 0. The molecule has 0 aliphatic carbocycles. The predicted molar refractivity (Wildman–Crippen MR) is 99.3 cm³/mol. The van der Waals surface area contributed by atoms with E-state index in [1.807, 2.05) is 0 Å². The van der Waals surface area contributed by atoms with Crippen LogP contribution in [0.3, 0.4) is 0 Å². The molecule has 9 heteroatoms. The highest BCUT2D eigenvalue weighted by atomic mass is 35.5. The van der Waals surface area contributed by atoms with E-state index in [-0.39, 0.29) is 41.5 Å². The highest BCUT2D eigenvalue weighted by Crippen LogP contribution is 2.32. The van der Waals surface area contributed by atoms with Crippen molar-refractivity contribution >= 4 is 40.8 Å². The van der Waals surface area contributed by atoms with Gasteiger partial charge < -0.3 is 24.4 Å². The van der Waals surface area contributed by atoms with Crippen molar-refractivity contribution in [1.82, 2.24) is 0 Å². The summed E-state index contributed by atoms with van der Waals surface area (Å²) in [5.41, 5.74) is 0.993. The number of carbonyl (C=O) groups excluding carboxylic acids is 3. The van der Waals surface area contributed by atoms with Crippen LogP contribution in [0.4, 0.5) is 11.4 Å². The Bertz CT molecular complexity index is 790. The molecule has 0 atom stereocenters. The van der Waals surface area contributed by atoms with Crippen LogP contribution in [0.5, 0.6) is 0 Å². The van der Waals surface area contributed by atoms with E-state index >= 15 is 0 Å². The Morgan fingerprint density at radius 1 is 1.19 bits per heavy atom. The minimum atomic E-state index is -0.702. The fourth-order valence-electron chi connectivity index (χ4n) is 2.40. The van der Waals surface area contributed by atoms with Crippen LogP contribution < -0.4 is 10.2 Å². The van der Waals surface area contributed by atoms with Crippen molar-refractivity contribution in [3.05, 3.63) is 34.5 Å². The largest absolute Gasteiger partial charge is 0.466 e. The first kappa shape index (κ1) is 20.7. The molecule has 0 unspecified atom stereocenters. The second-order valence-corrected chi connectivity index (χ2v) is 6.43. The lowest BCUT2D eigenvalue weighted by Gasteiger charge is -2.31. The summed E-state index contributed by atoms with van der Waals surface area (Å²) >= 11 is 6.28. The quantitative estimate of drug-likeness (QED) is 0.763. The van der Waals surface area contributed by atoms with E-state index in [4.69, 9.17) is 25.8 Å². The smallest absolute Gasteiger partial charge is 0.355 e. The number of ether oxygens (including phenoxy) is 3. The average Bonchev–Trinajstić information content (AvgIpc) is 2.67. The van der Waals surface area contributed by atoms with Crippen LogP contribution in [0.25, 0.3) is 0 Å². The second-order valence-electron chi connectivity index (χ2n) is 6.02. The van der Waals surface area contributed by atoms with E-state index in [0.717, 1.165) is 0 Å². The van der Waals surface area contributed by atoms with Crippen molar-refractivity contribution in [2.45, 2.75) is 13.8 Å². The summed E-state index contributed by atoms with van der Waals surface area (Å²) in [5.74, 6) is -1.76. The maximum atomic E-state index is 12.3. The van der Waals surface area contributed by atoms with Gasteiger partial charge in [-0.2, -0.15) is 0 Å². The van der Waals surface area contributed by atoms with Gasteiger partial charge in [-0.25, -0.2) is 9.59 Å². The van der Waals surface area contributed by atoms with Gasteiger partial charge in [-0.05, 0) is 18.2 Å². The summed E-state index contributed by atoms with van der Waals surface area (Å²) in [6, 6.07) is 4.82. The molecule has 8 nitrogen and oxygen atoms in total. The number of esters is 2. The molecule has 0 fully saturated rings. The van der Waals surface area contributed by atoms with Gasteiger partial charge in [0.25, 0.3) is 0 Å². The van der Waals surface area contributed by atoms with Crippen LogP contribution in [-0.4, -0.2) is 45.4 Å². The molecule has 1 aliphatic heterocycles. The van der Waals surface area contributed by atoms with Gasteiger partial charge in [-0.3, -0.25) is 4.79 Å². The fourth-order valence-corrected chi connectivity index (χ4v) is 2.62. The van der Waals surface area contributed by atoms with E-state index in [1.165, 1.54) is 19.1 Å². The lowest BCUT2D eigenvalue weighted by Crippen LogP contribution is -2.38. The maximum absolute atomic E-state index is 12.3. The number of halogens is 1. The highest BCUT2D eigenvalue weighted by molar-refractivity contribution is 6.34. The van der Waals surface area contributed by atoms with Gasteiger partial charge in [0.15, 0.2) is 0 Å². The van der Waals surface area contributed by atoms with Gasteiger partial charge in [0.05, 0.1) is 37.1 Å². The molecule has 2 rings (SSSR count). The SMILES string of the molecule is COC(=O)C1=C(C(=O)OC)N(c2ccc(NC(=O)C(C)C)c(Cl)c2)COC1. The van der Waals surface area contributed by atoms with E-state index in [0.29, 0.717) is 11.4 Å². The first-order chi connectivity index (χ1) is 12.8. The Morgan fingerprint density at radius 3 is 2.41 bits per heavy atom. The van der Waals surface area contributed by atoms with Crippen molar-refractivity contribution in [1.29, 1.82) is 0 Å². The first-order valence-corrected chi connectivity index (χ1v) is 8.53. The third-order valence-electron chi connectivity index (χ3n) is 3.88. The monoisotopic (exact) mass is 396 g/mol. The summed E-state index contributed by atoms with van der Waals surface area (Å²) in [7, 11) is 2.43. The molecule has 1 aromatic rings. The Kier molecular flexibility index (Phi) is 6.81. The minimum absolute atomic E-state index is 0.0129. The number of hydrogen-bond donors (Lipinski definition) is 1. The van der Waals surface area contributed by atoms with Crippen LogP contribution in [0.2, 0.25) is 5.02 Å². The standard InChI is InChI=1S/C18H21ClN2O6/c1-10(2)16(22)20-14-6-5-11(7-13(14)19)21-9-27-8-12(17(23)25-3)15(21)18(24)26-4/h5-7,10H,8-9H2,1-4H3,(H,20,22). The van der Waals surface area contributed by atoms with E-state index in [1.54, 1.807) is 32.0 Å². The van der Waals surface area contributed by atoms with Crippen LogP contribution in [0.15, 0.2) is 29.5 Å². The number of amides is 1. The van der Waals surface area contributed by atoms with Crippen molar-refractivity contribution in [2.24, 2.45) is 5.92 Å². The number of benzene rings is 1. The molecule has 27 heavy (non-hydrogen) atoms. The summed E-state index contributed by atoms with van der Waals surface area (Å²) in [5, 5.41) is 3.00. The van der Waals surface area contributed by atoms with Gasteiger partial charge in [0.1, 0.15) is 12.4 Å². The topological polar surface area (TPSA) is 94.2 Å². The Labute approximate surface area is 162 Å². The molecule has 1 aliphatic rings. The lowest BCUT2D eigenvalue weighted by molar-refractivity contribution is -0.140. The third-order valence-corrected chi connectivity index (χ3v) is 4.19. The molecule has 146 valence electrons. The molecule has 1 amide bonds. The third kappa shape index (κ3) is 4.58. The minimum Gasteiger partial charge on any atom is -0.466 e. The van der Waals surface area contributed by atoms with E-state index in [9.17, 15) is 14.4 Å². The zero-order valence-electron chi connectivity index (χ0n) is 15.5. The van der Waals surface area contributed by atoms with Gasteiger partial charge in [-0.1, -0.05) is 25.4 Å². The summed E-state index contributed by atoms with van der Waals surface area (Å²) in [6.45, 7) is 3.47. The highest BCUT2D eigenvalue weighted by Gasteiger charge is 2.32. The average molecular weight is 397 g/mol. The Balaban J connectivity index is 2.43. The molecule has 0 saturated carbocycles. The van der Waals surface area contributed by atoms with Crippen molar-refractivity contribution in [3.63, 3.8) is 0 Å².